The fourth-order valence-corrected chi connectivity index (χ4v) is 3.63. The minimum atomic E-state index is 0.242. The van der Waals surface area contributed by atoms with Crippen LogP contribution in [0, 0.1) is 0 Å². The monoisotopic (exact) mass is 288 g/mol. The van der Waals surface area contributed by atoms with Crippen LogP contribution in [-0.2, 0) is 4.74 Å². The molecule has 0 radical (unpaired) electrons. The maximum atomic E-state index is 6.12. The molecule has 0 aromatic heterocycles. The lowest BCUT2D eigenvalue weighted by Crippen LogP contribution is -2.51. The fraction of sp³-hybridized carbons (Fsp3) is 0.667. The van der Waals surface area contributed by atoms with Gasteiger partial charge in [0.1, 0.15) is 0 Å². The Morgan fingerprint density at radius 3 is 2.57 bits per heavy atom. The Morgan fingerprint density at radius 1 is 1.24 bits per heavy atom. The van der Waals surface area contributed by atoms with E-state index < -0.39 is 0 Å². The molecule has 3 rings (SSSR count). The molecule has 3 heteroatoms. The van der Waals surface area contributed by atoms with Crippen molar-refractivity contribution in [3.63, 3.8) is 0 Å². The Labute approximate surface area is 128 Å². The topological polar surface area (TPSA) is 24.5 Å². The molecule has 116 valence electrons. The number of morpholine rings is 1. The van der Waals surface area contributed by atoms with E-state index in [1.165, 1.54) is 18.4 Å². The normalized spacial score (nSPS) is 27.2. The fourth-order valence-electron chi connectivity index (χ4n) is 3.63. The van der Waals surface area contributed by atoms with Crippen LogP contribution in [0.2, 0.25) is 0 Å². The van der Waals surface area contributed by atoms with Crippen LogP contribution in [0.5, 0.6) is 0 Å². The minimum absolute atomic E-state index is 0.242. The molecule has 0 bridgehead atoms. The van der Waals surface area contributed by atoms with Crippen molar-refractivity contribution in [2.45, 2.75) is 50.8 Å². The van der Waals surface area contributed by atoms with Crippen LogP contribution >= 0.6 is 0 Å². The molecule has 1 aliphatic heterocycles. The summed E-state index contributed by atoms with van der Waals surface area (Å²) in [5.74, 6) is 0.785. The van der Waals surface area contributed by atoms with Gasteiger partial charge in [-0.2, -0.15) is 0 Å². The number of rotatable bonds is 5. The third-order valence-corrected chi connectivity index (χ3v) is 4.79. The number of nitrogens with zero attached hydrogens (tertiary/aromatic N) is 1. The molecule has 1 N–H and O–H groups in total. The average molecular weight is 288 g/mol. The van der Waals surface area contributed by atoms with Crippen molar-refractivity contribution < 1.29 is 4.74 Å². The zero-order chi connectivity index (χ0) is 14.8. The molecule has 1 saturated carbocycles. The van der Waals surface area contributed by atoms with E-state index in [4.69, 9.17) is 4.74 Å². The third-order valence-electron chi connectivity index (χ3n) is 4.79. The molecular formula is C18H28N2O. The van der Waals surface area contributed by atoms with Gasteiger partial charge in [0.25, 0.3) is 0 Å². The van der Waals surface area contributed by atoms with Crippen LogP contribution in [0.3, 0.4) is 0 Å². The lowest BCUT2D eigenvalue weighted by atomic mass is 9.90. The van der Waals surface area contributed by atoms with Crippen LogP contribution in [0.1, 0.15) is 49.8 Å². The van der Waals surface area contributed by atoms with E-state index in [-0.39, 0.29) is 6.10 Å². The molecule has 0 spiro atoms. The van der Waals surface area contributed by atoms with Crippen molar-refractivity contribution in [2.24, 2.45) is 0 Å². The molecule has 1 aromatic rings. The van der Waals surface area contributed by atoms with Crippen LogP contribution in [0.15, 0.2) is 24.3 Å². The van der Waals surface area contributed by atoms with Crippen LogP contribution < -0.4 is 5.32 Å². The second-order valence-corrected chi connectivity index (χ2v) is 6.65. The summed E-state index contributed by atoms with van der Waals surface area (Å²) < 4.78 is 6.12. The number of benzene rings is 1. The van der Waals surface area contributed by atoms with Crippen LogP contribution in [-0.4, -0.2) is 43.8 Å². The van der Waals surface area contributed by atoms with Crippen molar-refractivity contribution in [3.8, 4) is 0 Å². The highest BCUT2D eigenvalue weighted by Crippen LogP contribution is 2.45. The van der Waals surface area contributed by atoms with E-state index in [9.17, 15) is 0 Å². The van der Waals surface area contributed by atoms with Crippen molar-refractivity contribution in [3.05, 3.63) is 35.4 Å². The molecule has 1 aliphatic carbocycles. The van der Waals surface area contributed by atoms with Gasteiger partial charge < -0.3 is 10.1 Å². The van der Waals surface area contributed by atoms with E-state index >= 15 is 0 Å². The summed E-state index contributed by atoms with van der Waals surface area (Å²) >= 11 is 0. The highest BCUT2D eigenvalue weighted by molar-refractivity contribution is 5.36. The molecule has 2 atom stereocenters. The number of ether oxygens (including phenoxy) is 1. The van der Waals surface area contributed by atoms with E-state index in [2.05, 4.69) is 48.3 Å². The SMILES string of the molecule is CNCC1OCCN(C(C)C)C1c1ccccc1C1CC1. The zero-order valence-electron chi connectivity index (χ0n) is 13.5. The van der Waals surface area contributed by atoms with Gasteiger partial charge in [0.05, 0.1) is 18.8 Å². The highest BCUT2D eigenvalue weighted by Gasteiger charge is 2.37. The molecule has 1 saturated heterocycles. The Kier molecular flexibility index (Phi) is 4.63. The van der Waals surface area contributed by atoms with Crippen molar-refractivity contribution in [1.82, 2.24) is 10.2 Å². The summed E-state index contributed by atoms with van der Waals surface area (Å²) in [5, 5.41) is 3.31. The lowest BCUT2D eigenvalue weighted by molar-refractivity contribution is -0.0817. The largest absolute Gasteiger partial charge is 0.374 e. The van der Waals surface area contributed by atoms with Gasteiger partial charge in [0.15, 0.2) is 0 Å². The quantitative estimate of drug-likeness (QED) is 0.901. The summed E-state index contributed by atoms with van der Waals surface area (Å²) in [6.07, 6.45) is 2.94. The lowest BCUT2D eigenvalue weighted by Gasteiger charge is -2.44. The molecule has 2 fully saturated rings. The van der Waals surface area contributed by atoms with E-state index in [1.54, 1.807) is 5.56 Å². The Balaban J connectivity index is 1.96. The molecule has 2 aliphatic rings. The average Bonchev–Trinajstić information content (AvgIpc) is 3.32. The molecule has 0 amide bonds. The second kappa shape index (κ2) is 6.47. The van der Waals surface area contributed by atoms with Gasteiger partial charge in [-0.15, -0.1) is 0 Å². The highest BCUT2D eigenvalue weighted by atomic mass is 16.5. The summed E-state index contributed by atoms with van der Waals surface area (Å²) in [6, 6.07) is 9.95. The first-order chi connectivity index (χ1) is 10.2. The van der Waals surface area contributed by atoms with Gasteiger partial charge in [-0.3, -0.25) is 4.90 Å². The minimum Gasteiger partial charge on any atom is -0.374 e. The maximum absolute atomic E-state index is 6.12. The first-order valence-electron chi connectivity index (χ1n) is 8.33. The molecule has 1 aromatic carbocycles. The number of nitrogens with one attached hydrogen (secondary N) is 1. The van der Waals surface area contributed by atoms with Crippen LogP contribution in [0.25, 0.3) is 0 Å². The Morgan fingerprint density at radius 2 is 1.95 bits per heavy atom. The smallest absolute Gasteiger partial charge is 0.0896 e. The van der Waals surface area contributed by atoms with Crippen molar-refractivity contribution in [1.29, 1.82) is 0 Å². The molecule has 3 nitrogen and oxygen atoms in total. The Bertz CT molecular complexity index is 468. The van der Waals surface area contributed by atoms with Gasteiger partial charge in [-0.25, -0.2) is 0 Å². The number of likely N-dealkylation sites (N-methyl/N-ethyl adjacent to an activating group) is 1. The first-order valence-corrected chi connectivity index (χ1v) is 8.33. The summed E-state index contributed by atoms with van der Waals surface area (Å²) in [7, 11) is 2.02. The van der Waals surface area contributed by atoms with Gasteiger partial charge in [-0.05, 0) is 50.8 Å². The van der Waals surface area contributed by atoms with Gasteiger partial charge in [0, 0.05) is 19.1 Å². The zero-order valence-corrected chi connectivity index (χ0v) is 13.5. The summed E-state index contributed by atoms with van der Waals surface area (Å²) in [4.78, 5) is 2.62. The van der Waals surface area contributed by atoms with E-state index in [0.717, 1.165) is 25.6 Å². The predicted molar refractivity (Wildman–Crippen MR) is 86.7 cm³/mol. The predicted octanol–water partition coefficient (Wildman–Crippen LogP) is 2.93. The number of hydrogen-bond acceptors (Lipinski definition) is 3. The summed E-state index contributed by atoms with van der Waals surface area (Å²) in [5.41, 5.74) is 3.05. The molecule has 21 heavy (non-hydrogen) atoms. The molecule has 2 unspecified atom stereocenters. The first kappa shape index (κ1) is 15.0. The standard InChI is InChI=1S/C18H28N2O/c1-13(2)20-10-11-21-17(12-19-3)18(20)16-7-5-4-6-15(16)14-8-9-14/h4-7,13-14,17-19H,8-12H2,1-3H3. The molecular weight excluding hydrogens is 260 g/mol. The second-order valence-electron chi connectivity index (χ2n) is 6.65. The summed E-state index contributed by atoms with van der Waals surface area (Å²) in [6.45, 7) is 7.38. The van der Waals surface area contributed by atoms with Crippen molar-refractivity contribution in [2.75, 3.05) is 26.7 Å². The van der Waals surface area contributed by atoms with Crippen LogP contribution in [0.4, 0.5) is 0 Å². The van der Waals surface area contributed by atoms with Gasteiger partial charge in [0.2, 0.25) is 0 Å². The van der Waals surface area contributed by atoms with Crippen molar-refractivity contribution >= 4 is 0 Å². The number of hydrogen-bond donors (Lipinski definition) is 1. The third kappa shape index (κ3) is 3.15. The van der Waals surface area contributed by atoms with Gasteiger partial charge >= 0.3 is 0 Å². The van der Waals surface area contributed by atoms with Gasteiger partial charge in [-0.1, -0.05) is 24.3 Å². The Hall–Kier alpha value is -0.900. The van der Waals surface area contributed by atoms with E-state index in [0.29, 0.717) is 12.1 Å². The van der Waals surface area contributed by atoms with E-state index in [1.807, 2.05) is 7.05 Å². The maximum Gasteiger partial charge on any atom is 0.0896 e. The molecule has 1 heterocycles.